The van der Waals surface area contributed by atoms with Gasteiger partial charge in [0.1, 0.15) is 11.9 Å². The summed E-state index contributed by atoms with van der Waals surface area (Å²) >= 11 is 3.01. The van der Waals surface area contributed by atoms with E-state index in [4.69, 9.17) is 11.8 Å². The van der Waals surface area contributed by atoms with Crippen molar-refractivity contribution < 1.29 is 4.39 Å². The summed E-state index contributed by atoms with van der Waals surface area (Å²) in [5, 5.41) is 8.50. The van der Waals surface area contributed by atoms with E-state index in [1.54, 1.807) is 6.07 Å². The molecule has 12 heavy (non-hydrogen) atoms. The maximum Gasteiger partial charge on any atom is 0.223 e. The second-order valence-corrected chi connectivity index (χ2v) is 2.83. The largest absolute Gasteiger partial charge is 0.235 e. The van der Waals surface area contributed by atoms with Gasteiger partial charge in [-0.15, -0.1) is 0 Å². The Kier molecular flexibility index (Phi) is 2.42. The molecule has 1 aromatic rings. The molecule has 0 saturated heterocycles. The van der Waals surface area contributed by atoms with Crippen LogP contribution in [0.5, 0.6) is 0 Å². The van der Waals surface area contributed by atoms with Crippen LogP contribution in [0.2, 0.25) is 0 Å². The molecule has 4 heteroatoms. The monoisotopic (exact) mass is 224 g/mol. The molecule has 0 aliphatic heterocycles. The zero-order valence-electron chi connectivity index (χ0n) is 5.81. The van der Waals surface area contributed by atoms with Crippen LogP contribution >= 0.6 is 15.9 Å². The first-order chi connectivity index (χ1) is 5.70. The van der Waals surface area contributed by atoms with E-state index in [0.717, 1.165) is 0 Å². The first-order valence-corrected chi connectivity index (χ1v) is 3.75. The van der Waals surface area contributed by atoms with E-state index >= 15 is 0 Å². The fraction of sp³-hybridized carbons (Fsp3) is 0. The van der Waals surface area contributed by atoms with Gasteiger partial charge in [-0.2, -0.15) is 5.26 Å². The van der Waals surface area contributed by atoms with Gasteiger partial charge in [0.05, 0.1) is 12.1 Å². The molecule has 0 atom stereocenters. The normalized spacial score (nSPS) is 8.67. The van der Waals surface area contributed by atoms with Crippen molar-refractivity contribution in [2.24, 2.45) is 0 Å². The summed E-state index contributed by atoms with van der Waals surface area (Å²) in [7, 11) is 0. The smallest absolute Gasteiger partial charge is 0.223 e. The van der Waals surface area contributed by atoms with E-state index in [-0.39, 0.29) is 11.3 Å². The molecule has 0 unspecified atom stereocenters. The van der Waals surface area contributed by atoms with E-state index in [1.807, 2.05) is 0 Å². The zero-order valence-corrected chi connectivity index (χ0v) is 7.39. The molecule has 0 radical (unpaired) electrons. The van der Waals surface area contributed by atoms with Gasteiger partial charge in [0.25, 0.3) is 0 Å². The van der Waals surface area contributed by atoms with E-state index in [1.165, 1.54) is 12.1 Å². The highest BCUT2D eigenvalue weighted by atomic mass is 79.9. The number of rotatable bonds is 0. The molecule has 0 amide bonds. The van der Waals surface area contributed by atoms with Crippen LogP contribution in [0.1, 0.15) is 5.56 Å². The fourth-order valence-electron chi connectivity index (χ4n) is 0.730. The topological polar surface area (TPSA) is 28.1 Å². The molecule has 0 N–H and O–H groups in total. The van der Waals surface area contributed by atoms with Crippen LogP contribution in [0.3, 0.4) is 0 Å². The lowest BCUT2D eigenvalue weighted by molar-refractivity contribution is 0.629. The zero-order chi connectivity index (χ0) is 9.14. The summed E-state index contributed by atoms with van der Waals surface area (Å²) in [6.45, 7) is 6.59. The predicted molar refractivity (Wildman–Crippen MR) is 45.1 cm³/mol. The summed E-state index contributed by atoms with van der Waals surface area (Å²) in [5.74, 6) is -0.762. The second kappa shape index (κ2) is 3.34. The summed E-state index contributed by atoms with van der Waals surface area (Å²) < 4.78 is 13.4. The van der Waals surface area contributed by atoms with Gasteiger partial charge in [0.15, 0.2) is 0 Å². The number of nitrogens with zero attached hydrogens (tertiary/aromatic N) is 2. The molecule has 2 nitrogen and oxygen atoms in total. The van der Waals surface area contributed by atoms with E-state index in [9.17, 15) is 4.39 Å². The predicted octanol–water partition coefficient (Wildman–Crippen LogP) is 3.01. The minimum atomic E-state index is -0.762. The van der Waals surface area contributed by atoms with Gasteiger partial charge in [0, 0.05) is 4.47 Å². The maximum absolute atomic E-state index is 13.1. The molecule has 0 aliphatic carbocycles. The van der Waals surface area contributed by atoms with Gasteiger partial charge in [0.2, 0.25) is 5.69 Å². The number of benzene rings is 1. The van der Waals surface area contributed by atoms with Crippen molar-refractivity contribution in [3.05, 3.63) is 39.4 Å². The number of hydrogen-bond donors (Lipinski definition) is 0. The maximum atomic E-state index is 13.1. The molecule has 0 aromatic heterocycles. The third-order valence-corrected chi connectivity index (χ3v) is 1.96. The highest BCUT2D eigenvalue weighted by molar-refractivity contribution is 9.10. The lowest BCUT2D eigenvalue weighted by Gasteiger charge is -1.97. The Morgan fingerprint density at radius 3 is 2.75 bits per heavy atom. The molecule has 0 bridgehead atoms. The highest BCUT2D eigenvalue weighted by Gasteiger charge is 2.10. The minimum absolute atomic E-state index is 0.122. The number of nitriles is 1. The number of halogens is 2. The van der Waals surface area contributed by atoms with E-state index in [2.05, 4.69) is 20.8 Å². The Labute approximate surface area is 77.2 Å². The Balaban J connectivity index is 3.50. The third-order valence-electron chi connectivity index (χ3n) is 1.30. The van der Waals surface area contributed by atoms with E-state index in [0.29, 0.717) is 4.47 Å². The lowest BCUT2D eigenvalue weighted by Crippen LogP contribution is -1.84. The van der Waals surface area contributed by atoms with Crippen LogP contribution in [0.15, 0.2) is 16.6 Å². The van der Waals surface area contributed by atoms with Crippen LogP contribution in [-0.4, -0.2) is 0 Å². The van der Waals surface area contributed by atoms with Gasteiger partial charge in [-0.1, -0.05) is 12.1 Å². The van der Waals surface area contributed by atoms with Crippen LogP contribution in [0.4, 0.5) is 10.1 Å². The molecule has 0 fully saturated rings. The van der Waals surface area contributed by atoms with Gasteiger partial charge in [-0.05, 0) is 15.9 Å². The molecule has 0 saturated carbocycles. The van der Waals surface area contributed by atoms with Crippen molar-refractivity contribution in [3.8, 4) is 6.07 Å². The van der Waals surface area contributed by atoms with Crippen LogP contribution < -0.4 is 0 Å². The highest BCUT2D eigenvalue weighted by Crippen LogP contribution is 2.26. The van der Waals surface area contributed by atoms with E-state index < -0.39 is 5.82 Å². The summed E-state index contributed by atoms with van der Waals surface area (Å²) in [4.78, 5) is 2.92. The fourth-order valence-corrected chi connectivity index (χ4v) is 1.13. The number of hydrogen-bond acceptors (Lipinski definition) is 1. The quantitative estimate of drug-likeness (QED) is 0.623. The SMILES string of the molecule is [C-]#[N+]c1ccc(Br)c(C#N)c1F. The standard InChI is InChI=1S/C8H2BrFN2/c1-12-7-3-2-6(9)5(4-11)8(7)10/h2-3H. The molecule has 0 heterocycles. The minimum Gasteiger partial charge on any atom is -0.235 e. The van der Waals surface area contributed by atoms with Crippen LogP contribution in [-0.2, 0) is 0 Å². The average Bonchev–Trinajstić information content (AvgIpc) is 2.06. The van der Waals surface area contributed by atoms with Crippen LogP contribution in [0, 0.1) is 23.7 Å². The Morgan fingerprint density at radius 2 is 2.25 bits per heavy atom. The Bertz CT molecular complexity index is 401. The van der Waals surface area contributed by atoms with Crippen molar-refractivity contribution in [2.75, 3.05) is 0 Å². The molecule has 0 aliphatic rings. The Morgan fingerprint density at radius 1 is 1.58 bits per heavy atom. The van der Waals surface area contributed by atoms with Gasteiger partial charge in [-0.3, -0.25) is 0 Å². The molecular weight excluding hydrogens is 223 g/mol. The summed E-state index contributed by atoms with van der Waals surface area (Å²) in [6.07, 6.45) is 0. The molecule has 1 aromatic carbocycles. The molecule has 1 rings (SSSR count). The molecular formula is C8H2BrFN2. The van der Waals surface area contributed by atoms with Crippen molar-refractivity contribution in [2.45, 2.75) is 0 Å². The van der Waals surface area contributed by atoms with Gasteiger partial charge < -0.3 is 0 Å². The summed E-state index contributed by atoms with van der Waals surface area (Å²) in [6, 6.07) is 4.48. The third kappa shape index (κ3) is 1.30. The first-order valence-electron chi connectivity index (χ1n) is 2.96. The molecule has 58 valence electrons. The van der Waals surface area contributed by atoms with Crippen molar-refractivity contribution in [3.63, 3.8) is 0 Å². The summed E-state index contributed by atoms with van der Waals surface area (Å²) in [5.41, 5.74) is -0.252. The lowest BCUT2D eigenvalue weighted by atomic mass is 10.2. The molecule has 0 spiro atoms. The average molecular weight is 225 g/mol. The second-order valence-electron chi connectivity index (χ2n) is 1.98. The first kappa shape index (κ1) is 8.70. The van der Waals surface area contributed by atoms with Crippen molar-refractivity contribution >= 4 is 21.6 Å². The van der Waals surface area contributed by atoms with Gasteiger partial charge in [-0.25, -0.2) is 9.24 Å². The van der Waals surface area contributed by atoms with Crippen molar-refractivity contribution in [1.29, 1.82) is 5.26 Å². The van der Waals surface area contributed by atoms with Gasteiger partial charge >= 0.3 is 0 Å². The Hall–Kier alpha value is -1.39. The van der Waals surface area contributed by atoms with Crippen LogP contribution in [0.25, 0.3) is 4.85 Å². The van der Waals surface area contributed by atoms with Crippen molar-refractivity contribution in [1.82, 2.24) is 0 Å².